The van der Waals surface area contributed by atoms with Crippen LogP contribution in [0.4, 0.5) is 0 Å². The van der Waals surface area contributed by atoms with E-state index in [1.807, 2.05) is 38.1 Å². The highest BCUT2D eigenvalue weighted by molar-refractivity contribution is 9.10. The summed E-state index contributed by atoms with van der Waals surface area (Å²) < 4.78 is 11.7. The molecule has 1 fully saturated rings. The van der Waals surface area contributed by atoms with Gasteiger partial charge in [-0.25, -0.2) is 0 Å². The maximum atomic E-state index is 11.5. The summed E-state index contributed by atoms with van der Waals surface area (Å²) >= 11 is 3.41. The van der Waals surface area contributed by atoms with Crippen molar-refractivity contribution in [2.75, 3.05) is 6.61 Å². The predicted molar refractivity (Wildman–Crippen MR) is 72.2 cm³/mol. The van der Waals surface area contributed by atoms with Crippen LogP contribution in [0.3, 0.4) is 0 Å². The lowest BCUT2D eigenvalue weighted by Crippen LogP contribution is -2.16. The topological polar surface area (TPSA) is 38.8 Å². The quantitative estimate of drug-likeness (QED) is 0.618. The second kappa shape index (κ2) is 5.41. The highest BCUT2D eigenvalue weighted by Gasteiger charge is 2.46. The summed E-state index contributed by atoms with van der Waals surface area (Å²) in [5, 5.41) is 0. The fourth-order valence-electron chi connectivity index (χ4n) is 1.92. The molecular weight excluding hydrogens is 296 g/mol. The Bertz CT molecular complexity index is 421. The Morgan fingerprint density at radius 3 is 2.56 bits per heavy atom. The maximum absolute atomic E-state index is 11.5. The molecule has 18 heavy (non-hydrogen) atoms. The summed E-state index contributed by atoms with van der Waals surface area (Å²) in [4.78, 5) is 11.5. The number of epoxide rings is 1. The Labute approximate surface area is 116 Å². The lowest BCUT2D eigenvalue weighted by molar-refractivity contribution is -0.147. The molecule has 4 heteroatoms. The predicted octanol–water partition coefficient (Wildman–Crippen LogP) is 3.41. The van der Waals surface area contributed by atoms with Gasteiger partial charge < -0.3 is 9.47 Å². The van der Waals surface area contributed by atoms with Gasteiger partial charge in [0.2, 0.25) is 0 Å². The van der Waals surface area contributed by atoms with Gasteiger partial charge in [-0.1, -0.05) is 28.1 Å². The molecule has 1 unspecified atom stereocenters. The van der Waals surface area contributed by atoms with Crippen molar-refractivity contribution in [3.05, 3.63) is 34.3 Å². The van der Waals surface area contributed by atoms with Gasteiger partial charge in [0.15, 0.2) is 0 Å². The van der Waals surface area contributed by atoms with Crippen LogP contribution >= 0.6 is 15.9 Å². The van der Waals surface area contributed by atoms with Gasteiger partial charge >= 0.3 is 5.97 Å². The van der Waals surface area contributed by atoms with E-state index >= 15 is 0 Å². The zero-order valence-corrected chi connectivity index (χ0v) is 12.2. The summed E-state index contributed by atoms with van der Waals surface area (Å²) in [5.74, 6) is -0.156. The smallest absolute Gasteiger partial charge is 0.306 e. The molecule has 2 rings (SSSR count). The van der Waals surface area contributed by atoms with Crippen LogP contribution < -0.4 is 0 Å². The van der Waals surface area contributed by atoms with Crippen LogP contribution in [0.2, 0.25) is 0 Å². The SMILES string of the molecule is CC(C)OC(=O)CCC1(c2ccc(Br)cc2)CO1. The Morgan fingerprint density at radius 2 is 2.06 bits per heavy atom. The number of esters is 1. The molecule has 0 N–H and O–H groups in total. The molecule has 0 amide bonds. The molecule has 0 radical (unpaired) electrons. The van der Waals surface area contributed by atoms with Crippen molar-refractivity contribution < 1.29 is 14.3 Å². The average molecular weight is 313 g/mol. The number of carbonyl (C=O) groups is 1. The van der Waals surface area contributed by atoms with Crippen molar-refractivity contribution in [2.24, 2.45) is 0 Å². The third kappa shape index (κ3) is 3.33. The van der Waals surface area contributed by atoms with Crippen molar-refractivity contribution >= 4 is 21.9 Å². The van der Waals surface area contributed by atoms with Crippen LogP contribution in [-0.2, 0) is 19.9 Å². The highest BCUT2D eigenvalue weighted by atomic mass is 79.9. The molecule has 0 saturated carbocycles. The Balaban J connectivity index is 1.92. The minimum atomic E-state index is -0.267. The molecule has 1 aromatic rings. The van der Waals surface area contributed by atoms with E-state index in [4.69, 9.17) is 9.47 Å². The van der Waals surface area contributed by atoms with E-state index in [2.05, 4.69) is 15.9 Å². The molecule has 1 aliphatic rings. The third-order valence-corrected chi connectivity index (χ3v) is 3.49. The molecule has 0 aromatic heterocycles. The van der Waals surface area contributed by atoms with E-state index in [1.165, 1.54) is 0 Å². The van der Waals surface area contributed by atoms with Crippen LogP contribution in [0.25, 0.3) is 0 Å². The van der Waals surface area contributed by atoms with Crippen molar-refractivity contribution in [1.82, 2.24) is 0 Å². The van der Waals surface area contributed by atoms with Crippen LogP contribution in [0.15, 0.2) is 28.7 Å². The minimum absolute atomic E-state index is 0.0544. The minimum Gasteiger partial charge on any atom is -0.463 e. The molecule has 1 heterocycles. The van der Waals surface area contributed by atoms with E-state index in [1.54, 1.807) is 0 Å². The summed E-state index contributed by atoms with van der Waals surface area (Å²) in [6.07, 6.45) is 1.02. The normalized spacial score (nSPS) is 22.0. The number of halogens is 1. The van der Waals surface area contributed by atoms with Gasteiger partial charge in [0, 0.05) is 10.9 Å². The second-order valence-corrected chi connectivity index (χ2v) is 5.74. The van der Waals surface area contributed by atoms with Crippen LogP contribution in [-0.4, -0.2) is 18.7 Å². The molecule has 0 spiro atoms. The van der Waals surface area contributed by atoms with Crippen LogP contribution in [0.5, 0.6) is 0 Å². The Morgan fingerprint density at radius 1 is 1.44 bits per heavy atom. The van der Waals surface area contributed by atoms with E-state index < -0.39 is 0 Å². The number of hydrogen-bond acceptors (Lipinski definition) is 3. The zero-order chi connectivity index (χ0) is 13.2. The molecule has 1 aliphatic heterocycles. The summed E-state index contributed by atoms with van der Waals surface area (Å²) in [7, 11) is 0. The first-order valence-corrected chi connectivity index (χ1v) is 6.91. The zero-order valence-electron chi connectivity index (χ0n) is 10.6. The van der Waals surface area contributed by atoms with E-state index in [0.29, 0.717) is 19.4 Å². The van der Waals surface area contributed by atoms with Gasteiger partial charge in [0.05, 0.1) is 12.7 Å². The lowest BCUT2D eigenvalue weighted by atomic mass is 9.95. The Hall–Kier alpha value is -0.870. The molecule has 1 atom stereocenters. The molecular formula is C14H17BrO3. The fourth-order valence-corrected chi connectivity index (χ4v) is 2.19. The molecule has 98 valence electrons. The number of carbonyl (C=O) groups excluding carboxylic acids is 1. The molecule has 1 aromatic carbocycles. The van der Waals surface area contributed by atoms with Gasteiger partial charge in [0.25, 0.3) is 0 Å². The number of ether oxygens (including phenoxy) is 2. The Kier molecular flexibility index (Phi) is 4.07. The number of rotatable bonds is 5. The van der Waals surface area contributed by atoms with E-state index in [-0.39, 0.29) is 17.7 Å². The fraction of sp³-hybridized carbons (Fsp3) is 0.500. The van der Waals surface area contributed by atoms with Crippen molar-refractivity contribution in [2.45, 2.75) is 38.4 Å². The average Bonchev–Trinajstić information content (AvgIpc) is 3.08. The van der Waals surface area contributed by atoms with E-state index in [0.717, 1.165) is 10.0 Å². The first-order valence-electron chi connectivity index (χ1n) is 6.11. The highest BCUT2D eigenvalue weighted by Crippen LogP contribution is 2.43. The summed E-state index contributed by atoms with van der Waals surface area (Å²) in [5.41, 5.74) is 0.861. The van der Waals surface area contributed by atoms with Gasteiger partial charge in [-0.05, 0) is 38.0 Å². The van der Waals surface area contributed by atoms with Gasteiger partial charge in [-0.3, -0.25) is 4.79 Å². The van der Waals surface area contributed by atoms with Gasteiger partial charge in [-0.2, -0.15) is 0 Å². The monoisotopic (exact) mass is 312 g/mol. The van der Waals surface area contributed by atoms with Gasteiger partial charge in [0.1, 0.15) is 5.60 Å². The molecule has 0 bridgehead atoms. The van der Waals surface area contributed by atoms with Crippen molar-refractivity contribution in [3.63, 3.8) is 0 Å². The summed E-state index contributed by atoms with van der Waals surface area (Å²) in [6, 6.07) is 8.05. The largest absolute Gasteiger partial charge is 0.463 e. The first kappa shape index (κ1) is 13.6. The number of hydrogen-bond donors (Lipinski definition) is 0. The third-order valence-electron chi connectivity index (χ3n) is 2.96. The standard InChI is InChI=1S/C14H17BrO3/c1-10(2)18-13(16)7-8-14(9-17-14)11-3-5-12(15)6-4-11/h3-6,10H,7-9H2,1-2H3. The van der Waals surface area contributed by atoms with Crippen molar-refractivity contribution in [3.8, 4) is 0 Å². The maximum Gasteiger partial charge on any atom is 0.306 e. The van der Waals surface area contributed by atoms with Gasteiger partial charge in [-0.15, -0.1) is 0 Å². The van der Waals surface area contributed by atoms with E-state index in [9.17, 15) is 4.79 Å². The molecule has 1 saturated heterocycles. The molecule has 3 nitrogen and oxygen atoms in total. The molecule has 0 aliphatic carbocycles. The number of benzene rings is 1. The second-order valence-electron chi connectivity index (χ2n) is 4.83. The van der Waals surface area contributed by atoms with Crippen molar-refractivity contribution in [1.29, 1.82) is 0 Å². The first-order chi connectivity index (χ1) is 8.52. The summed E-state index contributed by atoms with van der Waals surface area (Å²) in [6.45, 7) is 4.40. The van der Waals surface area contributed by atoms with Crippen LogP contribution in [0, 0.1) is 0 Å². The van der Waals surface area contributed by atoms with Crippen LogP contribution in [0.1, 0.15) is 32.3 Å². The lowest BCUT2D eigenvalue weighted by Gasteiger charge is -2.13.